The minimum absolute atomic E-state index is 0.0674. The molecule has 0 spiro atoms. The van der Waals surface area contributed by atoms with E-state index >= 15 is 0 Å². The van der Waals surface area contributed by atoms with E-state index in [1.165, 1.54) is 12.8 Å². The Labute approximate surface area is 157 Å². The van der Waals surface area contributed by atoms with Crippen molar-refractivity contribution in [2.75, 3.05) is 6.54 Å². The molecule has 8 heteroatoms. The molecule has 140 valence electrons. The molecule has 1 N–H and O–H groups in total. The van der Waals surface area contributed by atoms with Gasteiger partial charge in [-0.1, -0.05) is 18.1 Å². The van der Waals surface area contributed by atoms with Gasteiger partial charge in [-0.3, -0.25) is 4.79 Å². The molecular formula is C19H23N7O. The summed E-state index contributed by atoms with van der Waals surface area (Å²) in [6, 6.07) is 2.76. The van der Waals surface area contributed by atoms with E-state index in [1.54, 1.807) is 12.4 Å². The lowest BCUT2D eigenvalue weighted by molar-refractivity contribution is 0.0922. The second-order valence-electron chi connectivity index (χ2n) is 7.75. The summed E-state index contributed by atoms with van der Waals surface area (Å²) in [6.45, 7) is 0.684. The molecule has 0 atom stereocenters. The van der Waals surface area contributed by atoms with E-state index in [2.05, 4.69) is 25.7 Å². The summed E-state index contributed by atoms with van der Waals surface area (Å²) in [7, 11) is 0. The van der Waals surface area contributed by atoms with Crippen molar-refractivity contribution in [2.24, 2.45) is 5.92 Å². The van der Waals surface area contributed by atoms with Crippen molar-refractivity contribution in [3.05, 3.63) is 36.4 Å². The number of carbonyl (C=O) groups excluding carboxylic acids is 1. The number of carbonyl (C=O) groups is 1. The second-order valence-corrected chi connectivity index (χ2v) is 7.75. The monoisotopic (exact) mass is 365 g/mol. The maximum atomic E-state index is 12.5. The van der Waals surface area contributed by atoms with Crippen LogP contribution in [-0.4, -0.2) is 42.2 Å². The summed E-state index contributed by atoms with van der Waals surface area (Å²) in [4.78, 5) is 17.0. The van der Waals surface area contributed by atoms with E-state index in [0.717, 1.165) is 36.7 Å². The topological polar surface area (TPSA) is 90.5 Å². The maximum absolute atomic E-state index is 12.5. The lowest BCUT2D eigenvalue weighted by Crippen LogP contribution is -2.37. The smallest absolute Gasteiger partial charge is 0.252 e. The van der Waals surface area contributed by atoms with E-state index in [1.807, 2.05) is 27.8 Å². The highest BCUT2D eigenvalue weighted by molar-refractivity contribution is 5.96. The van der Waals surface area contributed by atoms with Crippen LogP contribution < -0.4 is 5.32 Å². The highest BCUT2D eigenvalue weighted by Crippen LogP contribution is 2.36. The summed E-state index contributed by atoms with van der Waals surface area (Å²) in [5, 5.41) is 16.4. The van der Waals surface area contributed by atoms with Crippen LogP contribution in [0.5, 0.6) is 0 Å². The summed E-state index contributed by atoms with van der Waals surface area (Å²) in [5.41, 5.74) is 1.48. The Hall–Kier alpha value is -2.77. The molecule has 8 nitrogen and oxygen atoms in total. The molecule has 2 saturated carbocycles. The number of fused-ring (bicyclic) bond motifs is 1. The minimum atomic E-state index is -0.0674. The molecular weight excluding hydrogens is 342 g/mol. The van der Waals surface area contributed by atoms with E-state index in [9.17, 15) is 4.79 Å². The van der Waals surface area contributed by atoms with Crippen LogP contribution in [0.1, 0.15) is 61.0 Å². The van der Waals surface area contributed by atoms with Crippen LogP contribution in [0.4, 0.5) is 0 Å². The van der Waals surface area contributed by atoms with Gasteiger partial charge in [-0.2, -0.15) is 5.10 Å². The SMILES string of the molecule is O=C(NCC1CC(n2ccnn2)C1)c1cnc2c(cnn2C2CCCC2)c1. The molecule has 2 aliphatic carbocycles. The zero-order valence-corrected chi connectivity index (χ0v) is 15.2. The Morgan fingerprint density at radius 2 is 2.04 bits per heavy atom. The molecule has 0 aromatic carbocycles. The van der Waals surface area contributed by atoms with Gasteiger partial charge in [0.25, 0.3) is 5.91 Å². The number of hydrogen-bond donors (Lipinski definition) is 1. The van der Waals surface area contributed by atoms with Crippen LogP contribution in [-0.2, 0) is 0 Å². The van der Waals surface area contributed by atoms with Gasteiger partial charge in [-0.25, -0.2) is 14.3 Å². The predicted octanol–water partition coefficient (Wildman–Crippen LogP) is 2.52. The number of nitrogens with one attached hydrogen (secondary N) is 1. The predicted molar refractivity (Wildman–Crippen MR) is 99.1 cm³/mol. The molecule has 0 aliphatic heterocycles. The van der Waals surface area contributed by atoms with Crippen LogP contribution >= 0.6 is 0 Å². The van der Waals surface area contributed by atoms with Gasteiger partial charge in [-0.15, -0.1) is 5.10 Å². The largest absolute Gasteiger partial charge is 0.352 e. The molecule has 27 heavy (non-hydrogen) atoms. The average Bonchev–Trinajstić information content (AvgIpc) is 3.40. The average molecular weight is 365 g/mol. The number of aromatic nitrogens is 6. The van der Waals surface area contributed by atoms with Crippen LogP contribution in [0.2, 0.25) is 0 Å². The fourth-order valence-corrected chi connectivity index (χ4v) is 4.31. The summed E-state index contributed by atoms with van der Waals surface area (Å²) < 4.78 is 3.93. The van der Waals surface area contributed by atoms with Gasteiger partial charge in [0.15, 0.2) is 5.65 Å². The first-order chi connectivity index (χ1) is 13.3. The molecule has 0 radical (unpaired) electrons. The lowest BCUT2D eigenvalue weighted by Gasteiger charge is -2.35. The standard InChI is InChI=1S/C19H23N7O/c27-19(21-10-13-7-17(8-13)25-6-5-22-24-25)15-9-14-12-23-26(18(14)20-11-15)16-3-1-2-4-16/h5-6,9,11-13,16-17H,1-4,7-8,10H2,(H,21,27). The molecule has 3 aromatic heterocycles. The number of nitrogens with zero attached hydrogens (tertiary/aromatic N) is 6. The minimum Gasteiger partial charge on any atom is -0.352 e. The Bertz CT molecular complexity index is 936. The van der Waals surface area contributed by atoms with E-state index in [-0.39, 0.29) is 5.91 Å². The summed E-state index contributed by atoms with van der Waals surface area (Å²) in [5.74, 6) is 0.423. The van der Waals surface area contributed by atoms with Gasteiger partial charge in [0, 0.05) is 24.3 Å². The van der Waals surface area contributed by atoms with Gasteiger partial charge < -0.3 is 5.32 Å². The number of amides is 1. The fraction of sp³-hybridized carbons (Fsp3) is 0.526. The van der Waals surface area contributed by atoms with Crippen LogP contribution in [0.15, 0.2) is 30.9 Å². The van der Waals surface area contributed by atoms with Crippen molar-refractivity contribution in [3.8, 4) is 0 Å². The second kappa shape index (κ2) is 6.75. The van der Waals surface area contributed by atoms with Crippen LogP contribution in [0, 0.1) is 5.92 Å². The highest BCUT2D eigenvalue weighted by Gasteiger charge is 2.31. The van der Waals surface area contributed by atoms with Gasteiger partial charge in [0.2, 0.25) is 0 Å². The molecule has 5 rings (SSSR count). The van der Waals surface area contributed by atoms with Gasteiger partial charge in [-0.05, 0) is 37.7 Å². The number of pyridine rings is 1. The molecule has 0 saturated heterocycles. The molecule has 2 fully saturated rings. The van der Waals surface area contributed by atoms with E-state index in [4.69, 9.17) is 0 Å². The third kappa shape index (κ3) is 3.09. The Kier molecular flexibility index (Phi) is 4.10. The zero-order chi connectivity index (χ0) is 18.2. The first-order valence-corrected chi connectivity index (χ1v) is 9.75. The van der Waals surface area contributed by atoms with Crippen molar-refractivity contribution in [1.29, 1.82) is 0 Å². The molecule has 1 amide bonds. The molecule has 2 aliphatic rings. The van der Waals surface area contributed by atoms with Crippen LogP contribution in [0.25, 0.3) is 11.0 Å². The lowest BCUT2D eigenvalue weighted by atomic mass is 9.80. The molecule has 3 aromatic rings. The number of rotatable bonds is 5. The summed E-state index contributed by atoms with van der Waals surface area (Å²) in [6.07, 6.45) is 14.0. The van der Waals surface area contributed by atoms with Crippen molar-refractivity contribution >= 4 is 16.9 Å². The third-order valence-electron chi connectivity index (χ3n) is 5.94. The zero-order valence-electron chi connectivity index (χ0n) is 15.2. The van der Waals surface area contributed by atoms with Crippen LogP contribution in [0.3, 0.4) is 0 Å². The van der Waals surface area contributed by atoms with Gasteiger partial charge in [0.05, 0.1) is 30.0 Å². The normalized spacial score (nSPS) is 22.8. The molecule has 0 bridgehead atoms. The maximum Gasteiger partial charge on any atom is 0.252 e. The fourth-order valence-electron chi connectivity index (χ4n) is 4.31. The Balaban J connectivity index is 1.20. The van der Waals surface area contributed by atoms with E-state index in [0.29, 0.717) is 30.1 Å². The summed E-state index contributed by atoms with van der Waals surface area (Å²) >= 11 is 0. The quantitative estimate of drug-likeness (QED) is 0.750. The molecule has 3 heterocycles. The number of hydrogen-bond acceptors (Lipinski definition) is 5. The van der Waals surface area contributed by atoms with E-state index < -0.39 is 0 Å². The first-order valence-electron chi connectivity index (χ1n) is 9.75. The van der Waals surface area contributed by atoms with Crippen molar-refractivity contribution in [2.45, 2.75) is 50.6 Å². The van der Waals surface area contributed by atoms with Crippen molar-refractivity contribution in [1.82, 2.24) is 35.1 Å². The van der Waals surface area contributed by atoms with Crippen molar-refractivity contribution in [3.63, 3.8) is 0 Å². The van der Waals surface area contributed by atoms with Gasteiger partial charge >= 0.3 is 0 Å². The molecule has 0 unspecified atom stereocenters. The Morgan fingerprint density at radius 1 is 1.19 bits per heavy atom. The third-order valence-corrected chi connectivity index (χ3v) is 5.94. The first kappa shape index (κ1) is 16.4. The van der Waals surface area contributed by atoms with Crippen molar-refractivity contribution < 1.29 is 4.79 Å². The highest BCUT2D eigenvalue weighted by atomic mass is 16.1. The Morgan fingerprint density at radius 3 is 2.81 bits per heavy atom. The van der Waals surface area contributed by atoms with Gasteiger partial charge in [0.1, 0.15) is 0 Å².